The molecule has 4 rings (SSSR count). The molecule has 0 saturated heterocycles. The Hall–Kier alpha value is -2.80. The van der Waals surface area contributed by atoms with Gasteiger partial charge in [-0.1, -0.05) is 74.5 Å². The van der Waals surface area contributed by atoms with Gasteiger partial charge in [-0.25, -0.2) is 0 Å². The predicted molar refractivity (Wildman–Crippen MR) is 104 cm³/mol. The highest BCUT2D eigenvalue weighted by Gasteiger charge is 2.19. The Morgan fingerprint density at radius 1 is 0.625 bits per heavy atom. The summed E-state index contributed by atoms with van der Waals surface area (Å²) in [6.07, 6.45) is 4.41. The first-order chi connectivity index (χ1) is 11.7. The summed E-state index contributed by atoms with van der Waals surface area (Å²) < 4.78 is 0. The van der Waals surface area contributed by atoms with Crippen LogP contribution in [0.2, 0.25) is 0 Å². The molecule has 1 heteroatoms. The number of hydrogen-bond acceptors (Lipinski definition) is 1. The number of para-hydroxylation sites is 2. The molecule has 1 aliphatic heterocycles. The van der Waals surface area contributed by atoms with Gasteiger partial charge in [-0.05, 0) is 46.9 Å². The van der Waals surface area contributed by atoms with Crippen molar-refractivity contribution < 1.29 is 0 Å². The molecule has 0 aliphatic carbocycles. The minimum absolute atomic E-state index is 0.546. The van der Waals surface area contributed by atoms with Crippen LogP contribution in [0.25, 0.3) is 12.2 Å². The van der Waals surface area contributed by atoms with Crippen LogP contribution in [0.3, 0.4) is 0 Å². The van der Waals surface area contributed by atoms with Gasteiger partial charge in [0.15, 0.2) is 0 Å². The molecular formula is C23H21N. The van der Waals surface area contributed by atoms with Gasteiger partial charge in [0.1, 0.15) is 0 Å². The number of nitrogens with zero attached hydrogens (tertiary/aromatic N) is 1. The molecule has 0 radical (unpaired) electrons. The smallest absolute Gasteiger partial charge is 0.0534 e. The maximum Gasteiger partial charge on any atom is 0.0534 e. The quantitative estimate of drug-likeness (QED) is 0.395. The molecule has 0 bridgehead atoms. The number of anilines is 3. The molecule has 0 amide bonds. The summed E-state index contributed by atoms with van der Waals surface area (Å²) in [5, 5.41) is 0. The van der Waals surface area contributed by atoms with E-state index in [0.29, 0.717) is 5.92 Å². The molecule has 118 valence electrons. The summed E-state index contributed by atoms with van der Waals surface area (Å²) in [7, 11) is 0. The Bertz CT molecular complexity index is 838. The summed E-state index contributed by atoms with van der Waals surface area (Å²) >= 11 is 0. The van der Waals surface area contributed by atoms with Gasteiger partial charge in [-0.15, -0.1) is 0 Å². The zero-order valence-electron chi connectivity index (χ0n) is 14.1. The average Bonchev–Trinajstić information content (AvgIpc) is 2.79. The van der Waals surface area contributed by atoms with Gasteiger partial charge < -0.3 is 4.90 Å². The second-order valence-electron chi connectivity index (χ2n) is 6.53. The van der Waals surface area contributed by atoms with Crippen LogP contribution in [0.1, 0.15) is 36.5 Å². The van der Waals surface area contributed by atoms with Crippen LogP contribution in [-0.2, 0) is 0 Å². The predicted octanol–water partition coefficient (Wildman–Crippen LogP) is 6.76. The minimum Gasteiger partial charge on any atom is -0.309 e. The highest BCUT2D eigenvalue weighted by molar-refractivity contribution is 5.93. The van der Waals surface area contributed by atoms with Crippen molar-refractivity contribution in [3.8, 4) is 0 Å². The lowest BCUT2D eigenvalue weighted by molar-refractivity contribution is 0.866. The SMILES string of the molecule is CC(C)c1ccc(N2c3ccccc3C=Cc3ccccc32)cc1. The number of hydrogen-bond donors (Lipinski definition) is 0. The first-order valence-corrected chi connectivity index (χ1v) is 8.50. The summed E-state index contributed by atoms with van der Waals surface area (Å²) in [4.78, 5) is 2.36. The van der Waals surface area contributed by atoms with Crippen molar-refractivity contribution in [3.05, 3.63) is 89.5 Å². The van der Waals surface area contributed by atoms with Crippen LogP contribution in [0.4, 0.5) is 17.1 Å². The summed E-state index contributed by atoms with van der Waals surface area (Å²) in [6, 6.07) is 26.1. The van der Waals surface area contributed by atoms with Gasteiger partial charge in [-0.3, -0.25) is 0 Å². The fourth-order valence-corrected chi connectivity index (χ4v) is 3.26. The van der Waals surface area contributed by atoms with E-state index in [0.717, 1.165) is 0 Å². The van der Waals surface area contributed by atoms with Crippen molar-refractivity contribution in [1.82, 2.24) is 0 Å². The number of fused-ring (bicyclic) bond motifs is 2. The van der Waals surface area contributed by atoms with Gasteiger partial charge >= 0.3 is 0 Å². The summed E-state index contributed by atoms with van der Waals surface area (Å²) in [5.41, 5.74) is 7.48. The Morgan fingerprint density at radius 3 is 1.62 bits per heavy atom. The van der Waals surface area contributed by atoms with E-state index in [-0.39, 0.29) is 0 Å². The van der Waals surface area contributed by atoms with Gasteiger partial charge in [0.05, 0.1) is 11.4 Å². The molecule has 0 unspecified atom stereocenters. The van der Waals surface area contributed by atoms with Crippen LogP contribution in [0.5, 0.6) is 0 Å². The summed E-state index contributed by atoms with van der Waals surface area (Å²) in [5.74, 6) is 0.546. The zero-order chi connectivity index (χ0) is 16.5. The largest absolute Gasteiger partial charge is 0.309 e. The molecule has 3 aromatic carbocycles. The van der Waals surface area contributed by atoms with E-state index in [2.05, 4.69) is 104 Å². The van der Waals surface area contributed by atoms with Crippen LogP contribution in [0.15, 0.2) is 72.8 Å². The third kappa shape index (κ3) is 2.52. The lowest BCUT2D eigenvalue weighted by Crippen LogP contribution is -2.11. The van der Waals surface area contributed by atoms with Gasteiger partial charge in [0.25, 0.3) is 0 Å². The van der Waals surface area contributed by atoms with Crippen LogP contribution in [0, 0.1) is 0 Å². The Balaban J connectivity index is 1.91. The maximum absolute atomic E-state index is 2.36. The maximum atomic E-state index is 2.36. The van der Waals surface area contributed by atoms with E-state index in [1.165, 1.54) is 33.8 Å². The van der Waals surface area contributed by atoms with E-state index in [9.17, 15) is 0 Å². The third-order valence-corrected chi connectivity index (χ3v) is 4.62. The first-order valence-electron chi connectivity index (χ1n) is 8.50. The Morgan fingerprint density at radius 2 is 1.12 bits per heavy atom. The van der Waals surface area contributed by atoms with Gasteiger partial charge in [-0.2, -0.15) is 0 Å². The monoisotopic (exact) mass is 311 g/mol. The lowest BCUT2D eigenvalue weighted by atomic mass is 10.0. The Kier molecular flexibility index (Phi) is 3.70. The minimum atomic E-state index is 0.546. The van der Waals surface area contributed by atoms with Crippen molar-refractivity contribution in [1.29, 1.82) is 0 Å². The molecule has 0 spiro atoms. The van der Waals surface area contributed by atoms with Crippen molar-refractivity contribution in [2.24, 2.45) is 0 Å². The molecule has 0 N–H and O–H groups in total. The van der Waals surface area contributed by atoms with Crippen LogP contribution in [-0.4, -0.2) is 0 Å². The standard InChI is InChI=1S/C23H21N/c1-17(2)18-13-15-21(16-14-18)24-22-9-5-3-7-19(22)11-12-20-8-4-6-10-23(20)24/h3-17H,1-2H3. The second kappa shape index (κ2) is 6.01. The topological polar surface area (TPSA) is 3.24 Å². The van der Waals surface area contributed by atoms with E-state index in [1.807, 2.05) is 0 Å². The molecular weight excluding hydrogens is 290 g/mol. The molecule has 0 fully saturated rings. The van der Waals surface area contributed by atoms with Crippen molar-refractivity contribution in [3.63, 3.8) is 0 Å². The molecule has 0 aromatic heterocycles. The normalized spacial score (nSPS) is 12.7. The second-order valence-corrected chi connectivity index (χ2v) is 6.53. The van der Waals surface area contributed by atoms with Crippen molar-refractivity contribution in [2.45, 2.75) is 19.8 Å². The molecule has 1 nitrogen and oxygen atoms in total. The van der Waals surface area contributed by atoms with Crippen molar-refractivity contribution >= 4 is 29.2 Å². The molecule has 24 heavy (non-hydrogen) atoms. The molecule has 0 atom stereocenters. The fraction of sp³-hybridized carbons (Fsp3) is 0.130. The first kappa shape index (κ1) is 14.8. The van der Waals surface area contributed by atoms with Crippen LogP contribution < -0.4 is 4.90 Å². The lowest BCUT2D eigenvalue weighted by Gasteiger charge is -2.27. The fourth-order valence-electron chi connectivity index (χ4n) is 3.26. The van der Waals surface area contributed by atoms with Crippen LogP contribution >= 0.6 is 0 Å². The number of rotatable bonds is 2. The van der Waals surface area contributed by atoms with E-state index in [1.54, 1.807) is 0 Å². The molecule has 1 heterocycles. The highest BCUT2D eigenvalue weighted by Crippen LogP contribution is 2.41. The van der Waals surface area contributed by atoms with E-state index in [4.69, 9.17) is 0 Å². The zero-order valence-corrected chi connectivity index (χ0v) is 14.1. The average molecular weight is 311 g/mol. The Labute approximate surface area is 143 Å². The number of benzene rings is 3. The van der Waals surface area contributed by atoms with Gasteiger partial charge in [0.2, 0.25) is 0 Å². The van der Waals surface area contributed by atoms with Gasteiger partial charge in [0, 0.05) is 5.69 Å². The van der Waals surface area contributed by atoms with Crippen molar-refractivity contribution in [2.75, 3.05) is 4.90 Å². The molecule has 3 aromatic rings. The van der Waals surface area contributed by atoms with E-state index < -0.39 is 0 Å². The third-order valence-electron chi connectivity index (χ3n) is 4.62. The van der Waals surface area contributed by atoms with E-state index >= 15 is 0 Å². The molecule has 1 aliphatic rings. The highest BCUT2D eigenvalue weighted by atomic mass is 15.1. The summed E-state index contributed by atoms with van der Waals surface area (Å²) in [6.45, 7) is 4.46. The molecule has 0 saturated carbocycles.